The highest BCUT2D eigenvalue weighted by Gasteiger charge is 2.64. The first-order valence-electron chi connectivity index (χ1n) is 13.3. The molecule has 3 aromatic rings. The van der Waals surface area contributed by atoms with Gasteiger partial charge in [-0.25, -0.2) is 4.79 Å². The fraction of sp³-hybridized carbons (Fsp3) is 0.312. The number of hydrogen-bond donors (Lipinski definition) is 0. The van der Waals surface area contributed by atoms with E-state index in [0.717, 1.165) is 12.8 Å². The Kier molecular flexibility index (Phi) is 6.29. The smallest absolute Gasteiger partial charge is 0.338 e. The van der Waals surface area contributed by atoms with Crippen molar-refractivity contribution in [3.05, 3.63) is 95.6 Å². The maximum Gasteiger partial charge on any atom is 0.338 e. The second kappa shape index (κ2) is 9.80. The molecule has 6 atom stereocenters. The maximum atomic E-state index is 13.7. The molecule has 2 amide bonds. The van der Waals surface area contributed by atoms with Gasteiger partial charge in [0.05, 0.1) is 30.2 Å². The highest BCUT2D eigenvalue weighted by molar-refractivity contribution is 6.23. The summed E-state index contributed by atoms with van der Waals surface area (Å²) in [6.07, 6.45) is 0.788. The number of nitrogens with zero attached hydrogens (tertiary/aromatic N) is 1. The molecule has 3 aliphatic rings. The maximum absolute atomic E-state index is 13.7. The number of imide groups is 1. The number of anilines is 1. The van der Waals surface area contributed by atoms with Crippen molar-refractivity contribution in [3.63, 3.8) is 0 Å². The molecule has 2 aliphatic carbocycles. The van der Waals surface area contributed by atoms with E-state index in [1.807, 2.05) is 18.2 Å². The zero-order valence-electron chi connectivity index (χ0n) is 21.8. The van der Waals surface area contributed by atoms with Crippen molar-refractivity contribution in [2.24, 2.45) is 23.7 Å². The van der Waals surface area contributed by atoms with E-state index in [-0.39, 0.29) is 52.8 Å². The number of ether oxygens (including phenoxy) is 2. The van der Waals surface area contributed by atoms with E-state index in [1.165, 1.54) is 30.6 Å². The first-order valence-corrected chi connectivity index (χ1v) is 13.3. The van der Waals surface area contributed by atoms with E-state index in [9.17, 15) is 19.2 Å². The quantitative estimate of drug-likeness (QED) is 0.245. The van der Waals surface area contributed by atoms with Crippen molar-refractivity contribution in [2.75, 3.05) is 12.0 Å². The fourth-order valence-electron chi connectivity index (χ4n) is 6.84. The molecule has 0 unspecified atom stereocenters. The van der Waals surface area contributed by atoms with Crippen LogP contribution in [0.2, 0.25) is 0 Å². The predicted molar refractivity (Wildman–Crippen MR) is 144 cm³/mol. The lowest BCUT2D eigenvalue weighted by Gasteiger charge is -2.28. The molecule has 0 aromatic heterocycles. The summed E-state index contributed by atoms with van der Waals surface area (Å²) in [5.41, 5.74) is 2.15. The standard InChI is InChI=1S/C32H29NO6/c1-18(29(34)20-11-13-24(38-2)14-12-20)39-32(37)21-9-6-10-23(15-21)33-30(35)27-22-16-25(19-7-4-3-5-8-19)26(17-22)28(27)31(33)36/h3-15,18,22,25-28H,16-17H2,1-2H3/t18-,22-,25+,26+,27+,28+/m0/s1. The summed E-state index contributed by atoms with van der Waals surface area (Å²) in [7, 11) is 1.54. The molecule has 3 aromatic carbocycles. The first kappa shape index (κ1) is 25.0. The van der Waals surface area contributed by atoms with Crippen molar-refractivity contribution in [2.45, 2.75) is 31.8 Å². The van der Waals surface area contributed by atoms with Gasteiger partial charge in [-0.2, -0.15) is 0 Å². The zero-order valence-corrected chi connectivity index (χ0v) is 21.8. The van der Waals surface area contributed by atoms with E-state index < -0.39 is 12.1 Å². The molecular formula is C32H29NO6. The minimum absolute atomic E-state index is 0.141. The van der Waals surface area contributed by atoms with Gasteiger partial charge in [0.2, 0.25) is 17.6 Å². The summed E-state index contributed by atoms with van der Waals surface area (Å²) in [6.45, 7) is 1.52. The van der Waals surface area contributed by atoms with Gasteiger partial charge in [-0.05, 0) is 85.5 Å². The molecule has 6 rings (SSSR count). The molecule has 2 bridgehead atoms. The number of carbonyl (C=O) groups excluding carboxylic acids is 4. The first-order chi connectivity index (χ1) is 18.9. The Balaban J connectivity index is 1.18. The van der Waals surface area contributed by atoms with Crippen LogP contribution >= 0.6 is 0 Å². The number of fused-ring (bicyclic) bond motifs is 5. The number of rotatable bonds is 7. The second-order valence-corrected chi connectivity index (χ2v) is 10.7. The molecule has 39 heavy (non-hydrogen) atoms. The van der Waals surface area contributed by atoms with Crippen LogP contribution < -0.4 is 9.64 Å². The van der Waals surface area contributed by atoms with Crippen molar-refractivity contribution < 1.29 is 28.7 Å². The van der Waals surface area contributed by atoms with Crippen LogP contribution in [0.15, 0.2) is 78.9 Å². The third kappa shape index (κ3) is 4.22. The number of esters is 1. The lowest BCUT2D eigenvalue weighted by Crippen LogP contribution is -2.33. The topological polar surface area (TPSA) is 90.0 Å². The van der Waals surface area contributed by atoms with E-state index in [0.29, 0.717) is 17.0 Å². The Hall–Kier alpha value is -4.26. The average Bonchev–Trinajstić information content (AvgIpc) is 3.64. The van der Waals surface area contributed by atoms with Crippen LogP contribution in [0, 0.1) is 23.7 Å². The van der Waals surface area contributed by atoms with Crippen molar-refractivity contribution in [1.29, 1.82) is 0 Å². The van der Waals surface area contributed by atoms with Gasteiger partial charge in [-0.3, -0.25) is 19.3 Å². The highest BCUT2D eigenvalue weighted by Crippen LogP contribution is 2.61. The van der Waals surface area contributed by atoms with Gasteiger partial charge in [0.25, 0.3) is 0 Å². The number of ketones is 1. The lowest BCUT2D eigenvalue weighted by atomic mass is 9.73. The molecule has 7 heteroatoms. The minimum atomic E-state index is -1.02. The van der Waals surface area contributed by atoms with Gasteiger partial charge in [0.15, 0.2) is 6.10 Å². The van der Waals surface area contributed by atoms with Crippen molar-refractivity contribution in [1.82, 2.24) is 0 Å². The lowest BCUT2D eigenvalue weighted by molar-refractivity contribution is -0.123. The second-order valence-electron chi connectivity index (χ2n) is 10.7. The van der Waals surface area contributed by atoms with E-state index in [4.69, 9.17) is 9.47 Å². The van der Waals surface area contributed by atoms with Crippen molar-refractivity contribution in [3.8, 4) is 5.75 Å². The van der Waals surface area contributed by atoms with Crippen LogP contribution in [-0.2, 0) is 14.3 Å². The molecule has 1 aliphatic heterocycles. The van der Waals surface area contributed by atoms with Crippen LogP contribution in [-0.4, -0.2) is 36.8 Å². The van der Waals surface area contributed by atoms with Crippen LogP contribution in [0.1, 0.15) is 52.0 Å². The number of methoxy groups -OCH3 is 1. The van der Waals surface area contributed by atoms with Gasteiger partial charge in [0.1, 0.15) is 5.75 Å². The van der Waals surface area contributed by atoms with Crippen LogP contribution in [0.3, 0.4) is 0 Å². The van der Waals surface area contributed by atoms with Gasteiger partial charge in [-0.1, -0.05) is 36.4 Å². The van der Waals surface area contributed by atoms with E-state index in [1.54, 1.807) is 42.5 Å². The Morgan fingerprint density at radius 3 is 2.28 bits per heavy atom. The molecule has 7 nitrogen and oxygen atoms in total. The zero-order chi connectivity index (χ0) is 27.3. The summed E-state index contributed by atoms with van der Waals surface area (Å²) in [5, 5.41) is 0. The number of hydrogen-bond acceptors (Lipinski definition) is 6. The summed E-state index contributed by atoms with van der Waals surface area (Å²) in [4.78, 5) is 54.1. The molecule has 198 valence electrons. The Morgan fingerprint density at radius 2 is 1.56 bits per heavy atom. The van der Waals surface area contributed by atoms with Gasteiger partial charge >= 0.3 is 5.97 Å². The van der Waals surface area contributed by atoms with Crippen molar-refractivity contribution >= 4 is 29.3 Å². The van der Waals surface area contributed by atoms with E-state index >= 15 is 0 Å². The molecule has 3 fully saturated rings. The Labute approximate surface area is 226 Å². The number of Topliss-reactive ketones (excluding diaryl/α,β-unsaturated/α-hetero) is 1. The third-order valence-electron chi connectivity index (χ3n) is 8.61. The monoisotopic (exact) mass is 523 g/mol. The Morgan fingerprint density at radius 1 is 0.846 bits per heavy atom. The van der Waals surface area contributed by atoms with Gasteiger partial charge in [-0.15, -0.1) is 0 Å². The van der Waals surface area contributed by atoms with Gasteiger partial charge in [0, 0.05) is 5.56 Å². The number of carbonyl (C=O) groups is 4. The Bertz CT molecular complexity index is 1450. The SMILES string of the molecule is COc1ccc(C(=O)[C@H](C)OC(=O)c2cccc(N3C(=O)[C@@H]4[C@@H]5C[C@@H]([C@H]4C3=O)[C@@H](c3ccccc3)C5)c2)cc1. The molecule has 1 saturated heterocycles. The van der Waals surface area contributed by atoms with E-state index in [2.05, 4.69) is 12.1 Å². The summed E-state index contributed by atoms with van der Waals surface area (Å²) < 4.78 is 10.6. The molecule has 2 saturated carbocycles. The normalized spacial score (nSPS) is 25.9. The summed E-state index contributed by atoms with van der Waals surface area (Å²) >= 11 is 0. The average molecular weight is 524 g/mol. The van der Waals surface area contributed by atoms with Crippen LogP contribution in [0.25, 0.3) is 0 Å². The summed E-state index contributed by atoms with van der Waals surface area (Å²) in [5.74, 6) is -0.833. The molecule has 0 N–H and O–H groups in total. The highest BCUT2D eigenvalue weighted by atomic mass is 16.5. The van der Waals surface area contributed by atoms with Gasteiger partial charge < -0.3 is 9.47 Å². The largest absolute Gasteiger partial charge is 0.497 e. The summed E-state index contributed by atoms with van der Waals surface area (Å²) in [6, 6.07) is 23.1. The minimum Gasteiger partial charge on any atom is -0.497 e. The molecular weight excluding hydrogens is 494 g/mol. The van der Waals surface area contributed by atoms with Crippen LogP contribution in [0.4, 0.5) is 5.69 Å². The predicted octanol–water partition coefficient (Wildman–Crippen LogP) is 5.05. The van der Waals surface area contributed by atoms with Crippen LogP contribution in [0.5, 0.6) is 5.75 Å². The molecule has 0 spiro atoms. The molecule has 1 heterocycles. The number of benzene rings is 3. The third-order valence-corrected chi connectivity index (χ3v) is 8.61. The number of amides is 2. The molecule has 0 radical (unpaired) electrons. The fourth-order valence-corrected chi connectivity index (χ4v) is 6.84.